The Hall–Kier alpha value is -0.620. The Balaban J connectivity index is 2.08. The number of hydrogen-bond donors (Lipinski definition) is 1. The number of carboxylic acid groups (broad SMARTS) is 1. The van der Waals surface area contributed by atoms with Crippen LogP contribution in [0.5, 0.6) is 0 Å². The standard InChI is InChI=1S/C6H10O5S/c7-6(8)1-2-11-5-3-12(9,10)4-5/h5H,1-4H2,(H,7,8). The van der Waals surface area contributed by atoms with Crippen LogP contribution >= 0.6 is 0 Å². The molecule has 1 saturated heterocycles. The number of sulfone groups is 1. The van der Waals surface area contributed by atoms with Gasteiger partial charge in [-0.3, -0.25) is 4.79 Å². The highest BCUT2D eigenvalue weighted by molar-refractivity contribution is 7.92. The van der Waals surface area contributed by atoms with E-state index in [1.54, 1.807) is 0 Å². The summed E-state index contributed by atoms with van der Waals surface area (Å²) in [4.78, 5) is 10.0. The molecule has 0 aromatic carbocycles. The number of ether oxygens (including phenoxy) is 1. The fraction of sp³-hybridized carbons (Fsp3) is 0.833. The van der Waals surface area contributed by atoms with Crippen LogP contribution in [0.4, 0.5) is 0 Å². The highest BCUT2D eigenvalue weighted by Crippen LogP contribution is 2.13. The summed E-state index contributed by atoms with van der Waals surface area (Å²) in [6.45, 7) is 0.0928. The van der Waals surface area contributed by atoms with Gasteiger partial charge in [-0.1, -0.05) is 0 Å². The molecule has 0 spiro atoms. The van der Waals surface area contributed by atoms with Crippen molar-refractivity contribution in [1.82, 2.24) is 0 Å². The van der Waals surface area contributed by atoms with Gasteiger partial charge < -0.3 is 9.84 Å². The lowest BCUT2D eigenvalue weighted by molar-refractivity contribution is -0.138. The average Bonchev–Trinajstić information content (AvgIpc) is 1.82. The van der Waals surface area contributed by atoms with Gasteiger partial charge in [-0.15, -0.1) is 0 Å². The van der Waals surface area contributed by atoms with Gasteiger partial charge >= 0.3 is 5.97 Å². The number of carboxylic acids is 1. The lowest BCUT2D eigenvalue weighted by Gasteiger charge is -2.25. The van der Waals surface area contributed by atoms with E-state index < -0.39 is 15.8 Å². The summed E-state index contributed by atoms with van der Waals surface area (Å²) < 4.78 is 26.2. The van der Waals surface area contributed by atoms with Crippen LogP contribution in [0.25, 0.3) is 0 Å². The lowest BCUT2D eigenvalue weighted by atomic mass is 10.4. The topological polar surface area (TPSA) is 80.7 Å². The zero-order chi connectivity index (χ0) is 9.19. The van der Waals surface area contributed by atoms with Crippen LogP contribution in [0.1, 0.15) is 6.42 Å². The fourth-order valence-corrected chi connectivity index (χ4v) is 2.15. The van der Waals surface area contributed by atoms with Gasteiger partial charge in [0.05, 0.1) is 30.6 Å². The summed E-state index contributed by atoms with van der Waals surface area (Å²) in [6, 6.07) is 0. The maximum atomic E-state index is 10.6. The third-order valence-electron chi connectivity index (χ3n) is 1.55. The zero-order valence-corrected chi connectivity index (χ0v) is 7.21. The van der Waals surface area contributed by atoms with Gasteiger partial charge in [0, 0.05) is 0 Å². The minimum absolute atomic E-state index is 0.0343. The third-order valence-corrected chi connectivity index (χ3v) is 3.31. The first-order valence-electron chi connectivity index (χ1n) is 3.53. The summed E-state index contributed by atoms with van der Waals surface area (Å²) in [5, 5.41) is 8.22. The minimum Gasteiger partial charge on any atom is -0.481 e. The van der Waals surface area contributed by atoms with Gasteiger partial charge in [0.2, 0.25) is 0 Å². The molecule has 1 aliphatic heterocycles. The second-order valence-corrected chi connectivity index (χ2v) is 4.87. The molecule has 5 nitrogen and oxygen atoms in total. The number of hydrogen-bond acceptors (Lipinski definition) is 4. The van der Waals surface area contributed by atoms with E-state index in [1.807, 2.05) is 0 Å². The summed E-state index contributed by atoms with van der Waals surface area (Å²) in [7, 11) is -2.85. The molecule has 0 saturated carbocycles. The Bertz CT molecular complexity index is 256. The second-order valence-electron chi connectivity index (χ2n) is 2.71. The van der Waals surface area contributed by atoms with Crippen molar-refractivity contribution in [2.75, 3.05) is 18.1 Å². The lowest BCUT2D eigenvalue weighted by Crippen LogP contribution is -2.43. The summed E-state index contributed by atoms with van der Waals surface area (Å²) >= 11 is 0. The van der Waals surface area contributed by atoms with Crippen LogP contribution < -0.4 is 0 Å². The minimum atomic E-state index is -2.85. The van der Waals surface area contributed by atoms with Crippen molar-refractivity contribution >= 4 is 15.8 Å². The van der Waals surface area contributed by atoms with Gasteiger partial charge in [0.25, 0.3) is 0 Å². The second kappa shape index (κ2) is 3.40. The van der Waals surface area contributed by atoms with E-state index in [0.717, 1.165) is 0 Å². The molecule has 12 heavy (non-hydrogen) atoms. The quantitative estimate of drug-likeness (QED) is 0.638. The SMILES string of the molecule is O=C(O)CCOC1CS(=O)(=O)C1. The van der Waals surface area contributed by atoms with Crippen LogP contribution in [0.2, 0.25) is 0 Å². The molecule has 0 bridgehead atoms. The maximum absolute atomic E-state index is 10.6. The Morgan fingerprint density at radius 1 is 1.50 bits per heavy atom. The average molecular weight is 194 g/mol. The van der Waals surface area contributed by atoms with Crippen LogP contribution in [0, 0.1) is 0 Å². The summed E-state index contributed by atoms with van der Waals surface area (Å²) in [6.07, 6.45) is -0.356. The molecule has 1 rings (SSSR count). The first-order valence-corrected chi connectivity index (χ1v) is 5.35. The van der Waals surface area contributed by atoms with Crippen molar-refractivity contribution in [2.24, 2.45) is 0 Å². The van der Waals surface area contributed by atoms with E-state index in [1.165, 1.54) is 0 Å². The summed E-state index contributed by atoms with van der Waals surface area (Å²) in [5.41, 5.74) is 0. The summed E-state index contributed by atoms with van der Waals surface area (Å²) in [5.74, 6) is -0.864. The maximum Gasteiger partial charge on any atom is 0.305 e. The van der Waals surface area contributed by atoms with Gasteiger partial charge in [0.15, 0.2) is 9.84 Å². The molecule has 1 heterocycles. The smallest absolute Gasteiger partial charge is 0.305 e. The van der Waals surface area contributed by atoms with Gasteiger partial charge in [-0.2, -0.15) is 0 Å². The van der Waals surface area contributed by atoms with Crippen molar-refractivity contribution < 1.29 is 23.1 Å². The molecule has 0 aromatic rings. The Labute approximate surface area is 70.3 Å². The Kier molecular flexibility index (Phi) is 2.69. The first kappa shape index (κ1) is 9.47. The molecule has 0 amide bonds. The van der Waals surface area contributed by atoms with Crippen molar-refractivity contribution in [3.05, 3.63) is 0 Å². The molecule has 1 aliphatic rings. The van der Waals surface area contributed by atoms with E-state index in [2.05, 4.69) is 0 Å². The highest BCUT2D eigenvalue weighted by atomic mass is 32.2. The third kappa shape index (κ3) is 2.78. The molecular formula is C6H10O5S. The highest BCUT2D eigenvalue weighted by Gasteiger charge is 2.33. The van der Waals surface area contributed by atoms with E-state index in [-0.39, 0.29) is 30.6 Å². The van der Waals surface area contributed by atoms with Crippen molar-refractivity contribution in [3.8, 4) is 0 Å². The normalized spacial score (nSPS) is 21.7. The Morgan fingerprint density at radius 2 is 2.08 bits per heavy atom. The zero-order valence-electron chi connectivity index (χ0n) is 6.39. The molecule has 0 unspecified atom stereocenters. The van der Waals surface area contributed by atoms with Gasteiger partial charge in [0.1, 0.15) is 0 Å². The number of aliphatic carboxylic acids is 1. The molecule has 0 aromatic heterocycles. The van der Waals surface area contributed by atoms with E-state index in [9.17, 15) is 13.2 Å². The first-order chi connectivity index (χ1) is 5.49. The van der Waals surface area contributed by atoms with E-state index in [0.29, 0.717) is 0 Å². The number of carbonyl (C=O) groups is 1. The number of rotatable bonds is 4. The van der Waals surface area contributed by atoms with Crippen molar-refractivity contribution in [3.63, 3.8) is 0 Å². The molecule has 0 atom stereocenters. The molecule has 0 radical (unpaired) electrons. The van der Waals surface area contributed by atoms with E-state index in [4.69, 9.17) is 9.84 Å². The molecule has 0 aliphatic carbocycles. The fourth-order valence-electron chi connectivity index (χ4n) is 0.927. The monoisotopic (exact) mass is 194 g/mol. The predicted molar refractivity (Wildman–Crippen MR) is 40.6 cm³/mol. The van der Waals surface area contributed by atoms with Crippen molar-refractivity contribution in [1.29, 1.82) is 0 Å². The largest absolute Gasteiger partial charge is 0.481 e. The van der Waals surface area contributed by atoms with Crippen LogP contribution in [0.3, 0.4) is 0 Å². The van der Waals surface area contributed by atoms with Crippen LogP contribution in [-0.4, -0.2) is 43.7 Å². The molecule has 1 N–H and O–H groups in total. The predicted octanol–water partition coefficient (Wildman–Crippen LogP) is -0.725. The Morgan fingerprint density at radius 3 is 2.50 bits per heavy atom. The van der Waals surface area contributed by atoms with Crippen molar-refractivity contribution in [2.45, 2.75) is 12.5 Å². The van der Waals surface area contributed by atoms with Gasteiger partial charge in [-0.05, 0) is 0 Å². The molecule has 70 valence electrons. The van der Waals surface area contributed by atoms with Crippen LogP contribution in [0.15, 0.2) is 0 Å². The molecular weight excluding hydrogens is 184 g/mol. The molecule has 1 fully saturated rings. The van der Waals surface area contributed by atoms with E-state index >= 15 is 0 Å². The van der Waals surface area contributed by atoms with Gasteiger partial charge in [-0.25, -0.2) is 8.42 Å². The molecule has 6 heteroatoms. The van der Waals surface area contributed by atoms with Crippen LogP contribution in [-0.2, 0) is 19.4 Å².